The third-order valence-corrected chi connectivity index (χ3v) is 27.2. The van der Waals surface area contributed by atoms with Crippen LogP contribution >= 0.6 is 0 Å². The average Bonchev–Trinajstić information content (AvgIpc) is 1.68. The highest BCUT2D eigenvalue weighted by atomic mass is 19.2. The van der Waals surface area contributed by atoms with Crippen LogP contribution in [0.1, 0.15) is 194 Å². The van der Waals surface area contributed by atoms with E-state index >= 15 is 0 Å². The minimum Gasteiger partial charge on any atom is -0.500 e. The molecule has 10 aliphatic heterocycles. The van der Waals surface area contributed by atoms with Crippen LogP contribution in [0.5, 0.6) is 0 Å². The molecular formula is C98H122F10N20O9. The first-order chi connectivity index (χ1) is 65.5. The number of allylic oxidation sites excluding steroid dienone is 1. The molecule has 0 amide bonds. The molecule has 0 spiro atoms. The van der Waals surface area contributed by atoms with Gasteiger partial charge >= 0.3 is 0 Å². The second kappa shape index (κ2) is 43.4. The van der Waals surface area contributed by atoms with E-state index in [0.29, 0.717) is 130 Å². The molecule has 39 heteroatoms. The highest BCUT2D eigenvalue weighted by Crippen LogP contribution is 2.42. The molecule has 29 nitrogen and oxygen atoms in total. The Labute approximate surface area is 788 Å². The molecule has 0 radical (unpaired) electrons. The highest BCUT2D eigenvalue weighted by Gasteiger charge is 2.45. The molecule has 0 bridgehead atoms. The average molecular weight is 1910 g/mol. The van der Waals surface area contributed by atoms with Crippen molar-refractivity contribution in [3.05, 3.63) is 277 Å². The molecule has 10 aliphatic rings. The van der Waals surface area contributed by atoms with Crippen molar-refractivity contribution in [3.63, 3.8) is 0 Å². The van der Waals surface area contributed by atoms with Crippen molar-refractivity contribution in [2.75, 3.05) is 40.1 Å². The molecule has 20 rings (SSSR count). The number of methoxy groups -OCH3 is 1. The van der Waals surface area contributed by atoms with E-state index in [-0.39, 0.29) is 69.9 Å². The number of rotatable bonds is 22. The predicted octanol–water partition coefficient (Wildman–Crippen LogP) is 11.4. The molecular weight excluding hydrogens is 1790 g/mol. The van der Waals surface area contributed by atoms with Crippen molar-refractivity contribution >= 4 is 5.78 Å². The van der Waals surface area contributed by atoms with Crippen LogP contribution < -0.4 is 28.7 Å². The number of nitrogens with zero attached hydrogens (tertiary/aromatic N) is 15. The molecule has 0 aliphatic carbocycles. The number of carbonyl (C=O) groups is 1. The van der Waals surface area contributed by atoms with E-state index in [1.165, 1.54) is 23.4 Å². The molecule has 5 saturated heterocycles. The number of fused-ring (bicyclic) bond motifs is 5. The van der Waals surface area contributed by atoms with Crippen LogP contribution in [0.4, 0.5) is 43.9 Å². The van der Waals surface area contributed by atoms with Gasteiger partial charge < -0.3 is 67.3 Å². The van der Waals surface area contributed by atoms with Crippen molar-refractivity contribution in [1.29, 1.82) is 0 Å². The number of aliphatic hydroxyl groups excluding tert-OH is 1. The van der Waals surface area contributed by atoms with Gasteiger partial charge in [0.25, 0.3) is 0 Å². The Balaban J connectivity index is 0.000000124. The maximum atomic E-state index is 14.1. The monoisotopic (exact) mass is 1910 g/mol. The summed E-state index contributed by atoms with van der Waals surface area (Å²) >= 11 is 0. The van der Waals surface area contributed by atoms with E-state index in [4.69, 9.17) is 57.1 Å². The van der Waals surface area contributed by atoms with Gasteiger partial charge in [-0.15, -0.1) is 0 Å². The number of halogens is 10. The number of ketones is 1. The normalized spacial score (nSPS) is 25.8. The Hall–Kier alpha value is -10.0. The smallest absolute Gasteiger partial charge is 0.131 e. The Morgan fingerprint density at radius 3 is 1.04 bits per heavy atom. The van der Waals surface area contributed by atoms with Gasteiger partial charge in [-0.2, -0.15) is 25.5 Å². The Kier molecular flexibility index (Phi) is 31.7. The molecule has 5 aromatic heterocycles. The first kappa shape index (κ1) is 100.0. The summed E-state index contributed by atoms with van der Waals surface area (Å²) in [6.07, 6.45) is 10.7. The van der Waals surface area contributed by atoms with Gasteiger partial charge in [-0.25, -0.2) is 43.9 Å². The summed E-state index contributed by atoms with van der Waals surface area (Å²) in [7, 11) is 1.59. The van der Waals surface area contributed by atoms with Crippen molar-refractivity contribution in [2.24, 2.45) is 28.7 Å². The Morgan fingerprint density at radius 2 is 0.745 bits per heavy atom. The van der Waals surface area contributed by atoms with Crippen LogP contribution in [-0.4, -0.2) is 202 Å². The number of carbonyl (C=O) groups excluding carboxylic acids is 1. The van der Waals surface area contributed by atoms with E-state index in [9.17, 15) is 58.9 Å². The molecule has 15 heterocycles. The fourth-order valence-electron chi connectivity index (χ4n) is 20.3. The van der Waals surface area contributed by atoms with E-state index in [0.717, 1.165) is 176 Å². The standard InChI is InChI=1S/C20H26F2N4O2.2C20H24F2N4O2.C19H24F2N4O2.C19H24F2N4O/c1-20(2,27)11-26-8-12-7-25(9-18(12)24-26)14-6-17(23)19(28-10-14)15-5-13(21)3-4-16(15)22;1-12(27-2)7-26-9-13-8-25(10-19(13)24-26)15-6-18(23)20(28-11-15)16-5-14(21)3-4-17(16)22;1-12(27)4-5-26-19-10-25(9-13(19)8-24-26)15-7-18(23)20(28-11-15)16-6-14(21)2-3-17(16)22;1-11(26)7-25-18-9-24(8-12(18)6-23-25)14-5-17(22)19(27-10-14)15-4-13(20)2-3-16(15)21;1-2-5-25-18-10-24(9-12(18)8-23-25)14-7-17(22)19(26-11-14)15-6-13(20)3-4-16(15)21/h3-5,8,14,17,19,27H,6-7,9-11,23H2,1-2H3;3-5,9,15,18,20H,1,6-8,10-11,23H2,2H3;2-3,6,8,15,18,20H,4-5,7,9-11,23H2,1H3;2-4,6,11,14,17,19,26H,5,7-10,22H2,1H3;3-4,6,8,14,17,19H,2,5,7,9-11,22H2,1H3/t14-,17+,19-;2*15-,18+,20-;11-,14+,17-,19+;14-,17+,19-/m11101/s1. The van der Waals surface area contributed by atoms with Gasteiger partial charge in [0.2, 0.25) is 0 Å². The maximum absolute atomic E-state index is 14.1. The molecule has 738 valence electrons. The number of nitrogens with two attached hydrogens (primary N) is 5. The van der Waals surface area contributed by atoms with Gasteiger partial charge in [-0.1, -0.05) is 13.5 Å². The molecule has 5 fully saturated rings. The molecule has 5 aromatic carbocycles. The predicted molar refractivity (Wildman–Crippen MR) is 484 cm³/mol. The van der Waals surface area contributed by atoms with Gasteiger partial charge in [0, 0.05) is 213 Å². The molecule has 12 N–H and O–H groups in total. The summed E-state index contributed by atoms with van der Waals surface area (Å²) in [5, 5.41) is 41.9. The summed E-state index contributed by atoms with van der Waals surface area (Å²) < 4.78 is 182. The number of Topliss-reactive ketones (excluding diaryl/α,β-unsaturated/α-hetero) is 1. The van der Waals surface area contributed by atoms with Gasteiger partial charge in [-0.05, 0) is 157 Å². The van der Waals surface area contributed by atoms with E-state index < -0.39 is 125 Å². The minimum atomic E-state index is -0.815. The number of ether oxygens (including phenoxy) is 6. The SMILES string of the molecule is C=C(Cn1cc2c(n1)CN([C@H]1CO[C@H](c3cc(F)ccc3F)[C@@H](N)C1)C2)OC.CC(=O)CCn1ncc2c1CN([C@H]1CO[C@H](c3cc(F)ccc3F)[C@@H](N)C1)C2.CC(C)(O)Cn1cc2c(n1)CN([C@H]1CO[C@H](c3cc(F)ccc3F)[C@@H](N)C1)C2.CCCn1ncc2c1CN([C@H]1CO[C@H](c3cc(F)ccc3F)[C@@H](N)C1)C2.C[C@H](O)Cn1ncc2c1CN([C@H]1CO[C@H](c3cc(F)ccc3F)[C@@H](N)C1)C2. The number of aliphatic hydroxyl groups is 2. The lowest BCUT2D eigenvalue weighted by molar-refractivity contribution is -0.117. The Bertz CT molecular complexity index is 5820. The van der Waals surface area contributed by atoms with E-state index in [1.54, 1.807) is 39.5 Å². The third-order valence-electron chi connectivity index (χ3n) is 27.2. The zero-order valence-electron chi connectivity index (χ0n) is 77.7. The highest BCUT2D eigenvalue weighted by molar-refractivity contribution is 5.75. The fraction of sp³-hybridized carbons (Fsp3) is 0.510. The van der Waals surface area contributed by atoms with E-state index in [2.05, 4.69) is 68.2 Å². The topological polar surface area (TPSA) is 348 Å². The van der Waals surface area contributed by atoms with Crippen molar-refractivity contribution in [3.8, 4) is 0 Å². The third kappa shape index (κ3) is 23.7. The van der Waals surface area contributed by atoms with Gasteiger partial charge in [0.1, 0.15) is 100 Å². The number of aryl methyl sites for hydroxylation is 2. The first-order valence-electron chi connectivity index (χ1n) is 46.7. The van der Waals surface area contributed by atoms with Gasteiger partial charge in [-0.3, -0.25) is 52.7 Å². The van der Waals surface area contributed by atoms with Crippen LogP contribution in [0.2, 0.25) is 0 Å². The maximum Gasteiger partial charge on any atom is 0.131 e. The second-order valence-electron chi connectivity index (χ2n) is 38.3. The molecule has 137 heavy (non-hydrogen) atoms. The van der Waals surface area contributed by atoms with Crippen molar-refractivity contribution in [1.82, 2.24) is 73.4 Å². The van der Waals surface area contributed by atoms with Crippen LogP contribution in [0, 0.1) is 58.2 Å². The van der Waals surface area contributed by atoms with Crippen molar-refractivity contribution in [2.45, 2.75) is 280 Å². The molecule has 0 saturated carbocycles. The molecule has 16 atom stereocenters. The zero-order valence-corrected chi connectivity index (χ0v) is 77.7. The number of hydrogen-bond acceptors (Lipinski definition) is 24. The summed E-state index contributed by atoms with van der Waals surface area (Å²) in [5.74, 6) is -4.14. The largest absolute Gasteiger partial charge is 0.500 e. The van der Waals surface area contributed by atoms with Crippen LogP contribution in [0.25, 0.3) is 0 Å². The fourth-order valence-corrected chi connectivity index (χ4v) is 20.3. The first-order valence-corrected chi connectivity index (χ1v) is 46.7. The summed E-state index contributed by atoms with van der Waals surface area (Å²) in [6.45, 7) is 25.3. The van der Waals surface area contributed by atoms with Gasteiger partial charge in [0.05, 0.1) is 119 Å². The van der Waals surface area contributed by atoms with Crippen LogP contribution in [0.3, 0.4) is 0 Å². The number of hydrogen-bond donors (Lipinski definition) is 7. The lowest BCUT2D eigenvalue weighted by Crippen LogP contribution is -2.47. The quantitative estimate of drug-likeness (QED) is 0.0245. The molecule has 10 aromatic rings. The number of aromatic nitrogens is 10. The summed E-state index contributed by atoms with van der Waals surface area (Å²) in [4.78, 5) is 22.7. The van der Waals surface area contributed by atoms with E-state index in [1.807, 2.05) is 45.0 Å². The van der Waals surface area contributed by atoms with Crippen LogP contribution in [0.15, 0.2) is 134 Å². The zero-order chi connectivity index (χ0) is 97.1. The molecule has 0 unspecified atom stereocenters. The van der Waals surface area contributed by atoms with Crippen LogP contribution in [-0.2, 0) is 131 Å². The van der Waals surface area contributed by atoms with Gasteiger partial charge in [0.15, 0.2) is 0 Å². The van der Waals surface area contributed by atoms with Crippen molar-refractivity contribution < 1.29 is 87.3 Å². The number of benzene rings is 5. The lowest BCUT2D eigenvalue weighted by atomic mass is 9.93. The lowest BCUT2D eigenvalue weighted by Gasteiger charge is -2.38. The summed E-state index contributed by atoms with van der Waals surface area (Å²) in [5.41, 5.74) is 42.9. The second-order valence-corrected chi connectivity index (χ2v) is 38.3. The summed E-state index contributed by atoms with van der Waals surface area (Å²) in [6, 6.07) is 15.4. The Morgan fingerprint density at radius 1 is 0.453 bits per heavy atom. The minimum absolute atomic E-state index is 0.0940.